The molecule has 18 heavy (non-hydrogen) atoms. The number of carboxylic acid groups (broad SMARTS) is 1. The molecule has 0 aromatic heterocycles. The van der Waals surface area contributed by atoms with Gasteiger partial charge in [-0.05, 0) is 40.5 Å². The number of hydrogen-bond donors (Lipinski definition) is 2. The molecule has 1 unspecified atom stereocenters. The Morgan fingerprint density at radius 2 is 2.22 bits per heavy atom. The second-order valence-electron chi connectivity index (χ2n) is 3.67. The highest BCUT2D eigenvalue weighted by atomic mass is 79.9. The van der Waals surface area contributed by atoms with Crippen molar-refractivity contribution in [3.63, 3.8) is 0 Å². The SMILES string of the molecule is CCOc1c(Br)cc(C(N)CC(=O)O)cc1OC. The monoisotopic (exact) mass is 317 g/mol. The molecule has 1 atom stereocenters. The molecule has 3 N–H and O–H groups in total. The molecule has 0 bridgehead atoms. The summed E-state index contributed by atoms with van der Waals surface area (Å²) >= 11 is 3.37. The Bertz CT molecular complexity index is 436. The maximum atomic E-state index is 10.6. The average Bonchev–Trinajstić information content (AvgIpc) is 2.30. The Labute approximate surface area is 114 Å². The molecule has 0 fully saturated rings. The summed E-state index contributed by atoms with van der Waals surface area (Å²) in [7, 11) is 1.52. The molecule has 0 amide bonds. The Balaban J connectivity index is 3.09. The quantitative estimate of drug-likeness (QED) is 0.841. The number of benzene rings is 1. The van der Waals surface area contributed by atoms with Crippen molar-refractivity contribution in [1.82, 2.24) is 0 Å². The number of methoxy groups -OCH3 is 1. The van der Waals surface area contributed by atoms with Crippen LogP contribution in [0.4, 0.5) is 0 Å². The fourth-order valence-corrected chi connectivity index (χ4v) is 2.12. The first-order valence-corrected chi connectivity index (χ1v) is 6.26. The maximum Gasteiger partial charge on any atom is 0.305 e. The molecule has 5 nitrogen and oxygen atoms in total. The molecule has 1 rings (SSSR count). The first-order chi connectivity index (χ1) is 8.49. The third-order valence-corrected chi connectivity index (χ3v) is 2.95. The van der Waals surface area contributed by atoms with Crippen LogP contribution in [-0.4, -0.2) is 24.8 Å². The van der Waals surface area contributed by atoms with Gasteiger partial charge in [0.2, 0.25) is 0 Å². The predicted molar refractivity (Wildman–Crippen MR) is 71.0 cm³/mol. The van der Waals surface area contributed by atoms with Crippen molar-refractivity contribution in [2.45, 2.75) is 19.4 Å². The van der Waals surface area contributed by atoms with Crippen LogP contribution in [0, 0.1) is 0 Å². The van der Waals surface area contributed by atoms with E-state index in [0.29, 0.717) is 28.1 Å². The molecule has 0 aliphatic heterocycles. The van der Waals surface area contributed by atoms with Crippen LogP contribution < -0.4 is 15.2 Å². The lowest BCUT2D eigenvalue weighted by Crippen LogP contribution is -2.15. The molecule has 6 heteroatoms. The zero-order valence-electron chi connectivity index (χ0n) is 10.3. The van der Waals surface area contributed by atoms with E-state index in [9.17, 15) is 4.79 Å². The van der Waals surface area contributed by atoms with Gasteiger partial charge in [0, 0.05) is 6.04 Å². The van der Waals surface area contributed by atoms with Crippen LogP contribution in [0.25, 0.3) is 0 Å². The predicted octanol–water partition coefficient (Wildman–Crippen LogP) is 2.33. The maximum absolute atomic E-state index is 10.6. The van der Waals surface area contributed by atoms with Crippen molar-refractivity contribution >= 4 is 21.9 Å². The highest BCUT2D eigenvalue weighted by Gasteiger charge is 2.16. The van der Waals surface area contributed by atoms with Gasteiger partial charge < -0.3 is 20.3 Å². The molecular weight excluding hydrogens is 302 g/mol. The van der Waals surface area contributed by atoms with Gasteiger partial charge in [0.05, 0.1) is 24.6 Å². The summed E-state index contributed by atoms with van der Waals surface area (Å²) in [5, 5.41) is 8.73. The lowest BCUT2D eigenvalue weighted by atomic mass is 10.0. The van der Waals surface area contributed by atoms with E-state index in [0.717, 1.165) is 0 Å². The summed E-state index contributed by atoms with van der Waals surface area (Å²) in [4.78, 5) is 10.6. The average molecular weight is 318 g/mol. The Kier molecular flexibility index (Phi) is 5.43. The van der Waals surface area contributed by atoms with E-state index in [1.165, 1.54) is 7.11 Å². The van der Waals surface area contributed by atoms with Crippen LogP contribution in [-0.2, 0) is 4.79 Å². The molecule has 0 radical (unpaired) electrons. The van der Waals surface area contributed by atoms with Gasteiger partial charge in [-0.15, -0.1) is 0 Å². The van der Waals surface area contributed by atoms with Crippen molar-refractivity contribution in [2.24, 2.45) is 5.73 Å². The Morgan fingerprint density at radius 3 is 2.72 bits per heavy atom. The normalized spacial score (nSPS) is 12.0. The van der Waals surface area contributed by atoms with Gasteiger partial charge in [0.25, 0.3) is 0 Å². The summed E-state index contributed by atoms with van der Waals surface area (Å²) in [6.45, 7) is 2.38. The van der Waals surface area contributed by atoms with Gasteiger partial charge in [0.15, 0.2) is 11.5 Å². The van der Waals surface area contributed by atoms with Crippen LogP contribution in [0.1, 0.15) is 24.9 Å². The molecule has 0 spiro atoms. The van der Waals surface area contributed by atoms with E-state index in [4.69, 9.17) is 20.3 Å². The van der Waals surface area contributed by atoms with E-state index in [-0.39, 0.29) is 6.42 Å². The molecule has 0 saturated heterocycles. The zero-order valence-corrected chi connectivity index (χ0v) is 11.9. The molecule has 0 saturated carbocycles. The number of carbonyl (C=O) groups is 1. The van der Waals surface area contributed by atoms with Crippen molar-refractivity contribution in [2.75, 3.05) is 13.7 Å². The molecule has 0 aliphatic rings. The summed E-state index contributed by atoms with van der Waals surface area (Å²) in [6.07, 6.45) is -0.135. The minimum absolute atomic E-state index is 0.135. The van der Waals surface area contributed by atoms with E-state index in [2.05, 4.69) is 15.9 Å². The second-order valence-corrected chi connectivity index (χ2v) is 4.53. The topological polar surface area (TPSA) is 81.8 Å². The van der Waals surface area contributed by atoms with E-state index in [1.54, 1.807) is 12.1 Å². The standard InChI is InChI=1S/C12H16BrNO4/c1-3-18-12-8(13)4-7(5-10(12)17-2)9(14)6-11(15)16/h4-5,9H,3,6,14H2,1-2H3,(H,15,16). The number of halogens is 1. The lowest BCUT2D eigenvalue weighted by molar-refractivity contribution is -0.137. The Hall–Kier alpha value is -1.27. The smallest absolute Gasteiger partial charge is 0.305 e. The molecule has 0 heterocycles. The Morgan fingerprint density at radius 1 is 1.56 bits per heavy atom. The van der Waals surface area contributed by atoms with Crippen molar-refractivity contribution in [3.8, 4) is 11.5 Å². The lowest BCUT2D eigenvalue weighted by Gasteiger charge is -2.16. The number of hydrogen-bond acceptors (Lipinski definition) is 4. The van der Waals surface area contributed by atoms with E-state index < -0.39 is 12.0 Å². The first-order valence-electron chi connectivity index (χ1n) is 5.47. The molecule has 0 aliphatic carbocycles. The number of aliphatic carboxylic acids is 1. The highest BCUT2D eigenvalue weighted by molar-refractivity contribution is 9.10. The van der Waals surface area contributed by atoms with Crippen molar-refractivity contribution in [1.29, 1.82) is 0 Å². The first kappa shape index (κ1) is 14.8. The number of carboxylic acids is 1. The molecule has 1 aromatic carbocycles. The summed E-state index contributed by atoms with van der Waals surface area (Å²) in [5.74, 6) is 0.180. The second kappa shape index (κ2) is 6.61. The molecular formula is C12H16BrNO4. The third kappa shape index (κ3) is 3.61. The number of rotatable bonds is 6. The van der Waals surface area contributed by atoms with Crippen molar-refractivity contribution < 1.29 is 19.4 Å². The van der Waals surface area contributed by atoms with Crippen LogP contribution in [0.2, 0.25) is 0 Å². The van der Waals surface area contributed by atoms with Gasteiger partial charge in [-0.2, -0.15) is 0 Å². The minimum Gasteiger partial charge on any atom is -0.493 e. The fraction of sp³-hybridized carbons (Fsp3) is 0.417. The largest absolute Gasteiger partial charge is 0.493 e. The minimum atomic E-state index is -0.938. The van der Waals surface area contributed by atoms with Gasteiger partial charge in [0.1, 0.15) is 0 Å². The molecule has 1 aromatic rings. The summed E-state index contributed by atoms with van der Waals surface area (Å²) in [6, 6.07) is 2.87. The van der Waals surface area contributed by atoms with E-state index in [1.807, 2.05) is 6.92 Å². The summed E-state index contributed by atoms with van der Waals surface area (Å²) in [5.41, 5.74) is 6.50. The van der Waals surface area contributed by atoms with Crippen molar-refractivity contribution in [3.05, 3.63) is 22.2 Å². The van der Waals surface area contributed by atoms with Crippen LogP contribution in [0.15, 0.2) is 16.6 Å². The van der Waals surface area contributed by atoms with Gasteiger partial charge in [-0.25, -0.2) is 0 Å². The third-order valence-electron chi connectivity index (χ3n) is 2.36. The van der Waals surface area contributed by atoms with Crippen LogP contribution >= 0.6 is 15.9 Å². The van der Waals surface area contributed by atoms with E-state index >= 15 is 0 Å². The highest BCUT2D eigenvalue weighted by Crippen LogP contribution is 2.38. The van der Waals surface area contributed by atoms with Crippen LogP contribution in [0.5, 0.6) is 11.5 Å². The zero-order chi connectivity index (χ0) is 13.7. The van der Waals surface area contributed by atoms with Gasteiger partial charge >= 0.3 is 5.97 Å². The van der Waals surface area contributed by atoms with Gasteiger partial charge in [-0.1, -0.05) is 0 Å². The fourth-order valence-electron chi connectivity index (χ4n) is 1.54. The molecule has 100 valence electrons. The number of nitrogens with two attached hydrogens (primary N) is 1. The number of ether oxygens (including phenoxy) is 2. The summed E-state index contributed by atoms with van der Waals surface area (Å²) < 4.78 is 11.4. The van der Waals surface area contributed by atoms with Gasteiger partial charge in [-0.3, -0.25) is 4.79 Å². The van der Waals surface area contributed by atoms with Crippen LogP contribution in [0.3, 0.4) is 0 Å².